The SMILES string of the molecule is CCNC(=NCc1nnc2n1CCCCC2)NCCSC.I. The van der Waals surface area contributed by atoms with Gasteiger partial charge in [-0.05, 0) is 26.0 Å². The lowest BCUT2D eigenvalue weighted by atomic mass is 10.2. The number of aromatic nitrogens is 3. The Morgan fingerprint density at radius 3 is 2.91 bits per heavy atom. The number of nitrogens with one attached hydrogen (secondary N) is 2. The van der Waals surface area contributed by atoms with E-state index in [2.05, 4.69) is 43.6 Å². The molecule has 0 radical (unpaired) electrons. The zero-order valence-electron chi connectivity index (χ0n) is 13.5. The molecule has 0 unspecified atom stereocenters. The number of guanidine groups is 1. The number of hydrogen-bond donors (Lipinski definition) is 2. The molecule has 0 saturated heterocycles. The molecule has 8 heteroatoms. The van der Waals surface area contributed by atoms with Crippen molar-refractivity contribution in [3.05, 3.63) is 11.6 Å². The fourth-order valence-corrected chi connectivity index (χ4v) is 2.73. The molecule has 2 N–H and O–H groups in total. The molecule has 0 amide bonds. The van der Waals surface area contributed by atoms with Crippen molar-refractivity contribution >= 4 is 41.7 Å². The average Bonchev–Trinajstić information content (AvgIpc) is 2.72. The van der Waals surface area contributed by atoms with Gasteiger partial charge in [0, 0.05) is 31.8 Å². The van der Waals surface area contributed by atoms with Gasteiger partial charge in [0.2, 0.25) is 0 Å². The fourth-order valence-electron chi connectivity index (χ4n) is 2.43. The Hall–Kier alpha value is -0.510. The van der Waals surface area contributed by atoms with Crippen LogP contribution in [0.2, 0.25) is 0 Å². The summed E-state index contributed by atoms with van der Waals surface area (Å²) in [6.07, 6.45) is 6.87. The minimum atomic E-state index is 0. The van der Waals surface area contributed by atoms with E-state index in [0.717, 1.165) is 49.4 Å². The van der Waals surface area contributed by atoms with Crippen molar-refractivity contribution in [2.24, 2.45) is 4.99 Å². The summed E-state index contributed by atoms with van der Waals surface area (Å²) in [5.41, 5.74) is 0. The molecule has 0 spiro atoms. The second kappa shape index (κ2) is 11.1. The first-order valence-electron chi connectivity index (χ1n) is 7.77. The minimum absolute atomic E-state index is 0. The molecule has 6 nitrogen and oxygen atoms in total. The van der Waals surface area contributed by atoms with E-state index in [1.807, 2.05) is 11.8 Å². The molecule has 0 saturated carbocycles. The van der Waals surface area contributed by atoms with Gasteiger partial charge in [-0.3, -0.25) is 0 Å². The van der Waals surface area contributed by atoms with Crippen molar-refractivity contribution in [1.82, 2.24) is 25.4 Å². The molecule has 2 rings (SSSR count). The molecule has 1 aromatic rings. The maximum Gasteiger partial charge on any atom is 0.191 e. The monoisotopic (exact) mass is 438 g/mol. The molecule has 0 aliphatic carbocycles. The number of aliphatic imine (C=N–C) groups is 1. The molecule has 0 atom stereocenters. The Bertz CT molecular complexity index is 462. The third kappa shape index (κ3) is 5.94. The van der Waals surface area contributed by atoms with Gasteiger partial charge in [-0.2, -0.15) is 11.8 Å². The Balaban J connectivity index is 0.00000242. The van der Waals surface area contributed by atoms with Crippen molar-refractivity contribution in [3.63, 3.8) is 0 Å². The van der Waals surface area contributed by atoms with Crippen LogP contribution in [0.25, 0.3) is 0 Å². The molecule has 0 bridgehead atoms. The number of fused-ring (bicyclic) bond motifs is 1. The summed E-state index contributed by atoms with van der Waals surface area (Å²) in [5, 5.41) is 15.2. The summed E-state index contributed by atoms with van der Waals surface area (Å²) in [6, 6.07) is 0. The van der Waals surface area contributed by atoms with Crippen LogP contribution >= 0.6 is 35.7 Å². The van der Waals surface area contributed by atoms with Gasteiger partial charge >= 0.3 is 0 Å². The van der Waals surface area contributed by atoms with Crippen LogP contribution < -0.4 is 10.6 Å². The van der Waals surface area contributed by atoms with E-state index < -0.39 is 0 Å². The first-order chi connectivity index (χ1) is 10.3. The topological polar surface area (TPSA) is 67.1 Å². The van der Waals surface area contributed by atoms with Crippen molar-refractivity contribution in [2.75, 3.05) is 25.1 Å². The van der Waals surface area contributed by atoms with Crippen LogP contribution in [-0.2, 0) is 19.5 Å². The van der Waals surface area contributed by atoms with E-state index in [1.165, 1.54) is 19.3 Å². The molecule has 1 aliphatic heterocycles. The molecular formula is C14H27IN6S. The third-order valence-electron chi connectivity index (χ3n) is 3.51. The van der Waals surface area contributed by atoms with Crippen LogP contribution in [-0.4, -0.2) is 45.8 Å². The summed E-state index contributed by atoms with van der Waals surface area (Å²) >= 11 is 1.83. The number of hydrogen-bond acceptors (Lipinski definition) is 4. The molecule has 126 valence electrons. The van der Waals surface area contributed by atoms with Gasteiger partial charge in [0.05, 0.1) is 0 Å². The second-order valence-corrected chi connectivity index (χ2v) is 6.10. The number of aryl methyl sites for hydroxylation is 1. The third-order valence-corrected chi connectivity index (χ3v) is 4.12. The molecule has 2 heterocycles. The van der Waals surface area contributed by atoms with Crippen LogP contribution in [0.3, 0.4) is 0 Å². The highest BCUT2D eigenvalue weighted by molar-refractivity contribution is 14.0. The Labute approximate surface area is 154 Å². The van der Waals surface area contributed by atoms with Gasteiger partial charge in [-0.25, -0.2) is 4.99 Å². The summed E-state index contributed by atoms with van der Waals surface area (Å²) in [5.74, 6) is 4.04. The first kappa shape index (κ1) is 19.5. The van der Waals surface area contributed by atoms with Gasteiger partial charge in [0.1, 0.15) is 12.4 Å². The molecule has 22 heavy (non-hydrogen) atoms. The fraction of sp³-hybridized carbons (Fsp3) is 0.786. The van der Waals surface area contributed by atoms with E-state index in [4.69, 9.17) is 0 Å². The number of halogens is 1. The van der Waals surface area contributed by atoms with Crippen molar-refractivity contribution in [3.8, 4) is 0 Å². The van der Waals surface area contributed by atoms with E-state index in [1.54, 1.807) is 0 Å². The van der Waals surface area contributed by atoms with Crippen LogP contribution in [0.4, 0.5) is 0 Å². The lowest BCUT2D eigenvalue weighted by Gasteiger charge is -2.11. The predicted octanol–water partition coefficient (Wildman–Crippen LogP) is 2.04. The van der Waals surface area contributed by atoms with E-state index >= 15 is 0 Å². The average molecular weight is 438 g/mol. The number of nitrogens with zero attached hydrogens (tertiary/aromatic N) is 4. The Kier molecular flexibility index (Phi) is 9.85. The highest BCUT2D eigenvalue weighted by atomic mass is 127. The van der Waals surface area contributed by atoms with Gasteiger partial charge < -0.3 is 15.2 Å². The van der Waals surface area contributed by atoms with E-state index in [-0.39, 0.29) is 24.0 Å². The normalized spacial score (nSPS) is 14.7. The van der Waals surface area contributed by atoms with Crippen molar-refractivity contribution < 1.29 is 0 Å². The molecule has 1 aromatic heterocycles. The van der Waals surface area contributed by atoms with Gasteiger partial charge in [-0.1, -0.05) is 6.42 Å². The summed E-state index contributed by atoms with van der Waals surface area (Å²) in [6.45, 7) is 5.48. The molecule has 1 aliphatic rings. The smallest absolute Gasteiger partial charge is 0.191 e. The molecule has 0 aromatic carbocycles. The first-order valence-corrected chi connectivity index (χ1v) is 9.16. The van der Waals surface area contributed by atoms with Gasteiger partial charge in [0.25, 0.3) is 0 Å². The summed E-state index contributed by atoms with van der Waals surface area (Å²) < 4.78 is 2.25. The maximum atomic E-state index is 4.63. The Morgan fingerprint density at radius 2 is 2.14 bits per heavy atom. The summed E-state index contributed by atoms with van der Waals surface area (Å²) in [4.78, 5) is 4.63. The summed E-state index contributed by atoms with van der Waals surface area (Å²) in [7, 11) is 0. The van der Waals surface area contributed by atoms with Crippen molar-refractivity contribution in [1.29, 1.82) is 0 Å². The van der Waals surface area contributed by atoms with Crippen LogP contribution in [0, 0.1) is 0 Å². The largest absolute Gasteiger partial charge is 0.357 e. The predicted molar refractivity (Wildman–Crippen MR) is 104 cm³/mol. The maximum absolute atomic E-state index is 4.63. The lowest BCUT2D eigenvalue weighted by molar-refractivity contribution is 0.605. The van der Waals surface area contributed by atoms with E-state index in [0.29, 0.717) is 6.54 Å². The quantitative estimate of drug-likeness (QED) is 0.308. The van der Waals surface area contributed by atoms with Crippen LogP contribution in [0.5, 0.6) is 0 Å². The Morgan fingerprint density at radius 1 is 1.27 bits per heavy atom. The zero-order chi connectivity index (χ0) is 14.9. The minimum Gasteiger partial charge on any atom is -0.357 e. The lowest BCUT2D eigenvalue weighted by Crippen LogP contribution is -2.38. The second-order valence-electron chi connectivity index (χ2n) is 5.11. The highest BCUT2D eigenvalue weighted by Gasteiger charge is 2.14. The van der Waals surface area contributed by atoms with E-state index in [9.17, 15) is 0 Å². The highest BCUT2D eigenvalue weighted by Crippen LogP contribution is 2.14. The van der Waals surface area contributed by atoms with Gasteiger partial charge in [-0.15, -0.1) is 34.2 Å². The number of thioether (sulfide) groups is 1. The molecule has 0 fully saturated rings. The van der Waals surface area contributed by atoms with Crippen LogP contribution in [0.15, 0.2) is 4.99 Å². The van der Waals surface area contributed by atoms with Crippen molar-refractivity contribution in [2.45, 2.75) is 45.7 Å². The molecular weight excluding hydrogens is 411 g/mol. The van der Waals surface area contributed by atoms with Crippen LogP contribution in [0.1, 0.15) is 37.8 Å². The van der Waals surface area contributed by atoms with Gasteiger partial charge in [0.15, 0.2) is 11.8 Å². The number of rotatable bonds is 6. The standard InChI is InChI=1S/C14H26N6S.HI/c1-3-15-14(16-8-10-21-2)17-11-13-19-18-12-7-5-4-6-9-20(12)13;/h3-11H2,1-2H3,(H2,15,16,17);1H. The zero-order valence-corrected chi connectivity index (χ0v) is 16.6.